The molecule has 15 heavy (non-hydrogen) atoms. The zero-order chi connectivity index (χ0) is 10.7. The van der Waals surface area contributed by atoms with E-state index in [-0.39, 0.29) is 11.8 Å². The van der Waals surface area contributed by atoms with E-state index in [2.05, 4.69) is 5.32 Å². The molecule has 0 saturated carbocycles. The summed E-state index contributed by atoms with van der Waals surface area (Å²) in [6.45, 7) is 0.825. The summed E-state index contributed by atoms with van der Waals surface area (Å²) in [6, 6.07) is 10.1. The van der Waals surface area contributed by atoms with Crippen LogP contribution in [0.4, 0.5) is 0 Å². The fourth-order valence-electron chi connectivity index (χ4n) is 1.65. The van der Waals surface area contributed by atoms with Crippen molar-refractivity contribution in [2.45, 2.75) is 12.6 Å². The predicted octanol–water partition coefficient (Wildman–Crippen LogP) is 0.0607. The maximum absolute atomic E-state index is 11.1. The largest absolute Gasteiger partial charge is 0.336 e. The first-order valence-corrected chi connectivity index (χ1v) is 6.65. The zero-order valence-electron chi connectivity index (χ0n) is 8.34. The van der Waals surface area contributed by atoms with E-state index >= 15 is 0 Å². The number of hydrogen-bond acceptors (Lipinski definition) is 2. The molecule has 2 rings (SSSR count). The second-order valence-electron chi connectivity index (χ2n) is 3.75. The molecule has 4 heteroatoms. The van der Waals surface area contributed by atoms with Crippen LogP contribution in [0.3, 0.4) is 0 Å². The molecule has 0 spiro atoms. The van der Waals surface area contributed by atoms with Crippen molar-refractivity contribution in [2.75, 3.05) is 5.75 Å². The van der Waals surface area contributed by atoms with Crippen LogP contribution in [0.2, 0.25) is 0 Å². The first kappa shape index (κ1) is 10.4. The van der Waals surface area contributed by atoms with Gasteiger partial charge in [0.25, 0.3) is 0 Å². The summed E-state index contributed by atoms with van der Waals surface area (Å²) in [5, 5.41) is 3.37. The summed E-state index contributed by atoms with van der Waals surface area (Å²) >= 11 is 0. The Hall–Kier alpha value is -1.13. The van der Waals surface area contributed by atoms with Gasteiger partial charge in [-0.2, -0.15) is 0 Å². The Morgan fingerprint density at radius 1 is 1.27 bits per heavy atom. The van der Waals surface area contributed by atoms with Crippen LogP contribution in [-0.4, -0.2) is 20.2 Å². The molecule has 0 saturated heterocycles. The molecule has 0 amide bonds. The van der Waals surface area contributed by atoms with Gasteiger partial charge in [0.1, 0.15) is 18.3 Å². The third-order valence-electron chi connectivity index (χ3n) is 2.46. The Kier molecular flexibility index (Phi) is 2.88. The number of rotatable bonds is 3. The van der Waals surface area contributed by atoms with Crippen LogP contribution in [0.15, 0.2) is 41.8 Å². The van der Waals surface area contributed by atoms with Crippen LogP contribution in [-0.2, 0) is 16.4 Å². The van der Waals surface area contributed by atoms with Crippen LogP contribution in [0, 0.1) is 0 Å². The molecule has 80 valence electrons. The molecule has 1 atom stereocenters. The van der Waals surface area contributed by atoms with Crippen molar-refractivity contribution in [1.29, 1.82) is 0 Å². The zero-order valence-corrected chi connectivity index (χ0v) is 9.15. The van der Waals surface area contributed by atoms with Gasteiger partial charge < -0.3 is 5.32 Å². The molecule has 1 aromatic carbocycles. The van der Waals surface area contributed by atoms with E-state index < -0.39 is 9.84 Å². The molecule has 0 fully saturated rings. The van der Waals surface area contributed by atoms with Gasteiger partial charge in [0.05, 0.1) is 0 Å². The van der Waals surface area contributed by atoms with Crippen LogP contribution in [0.5, 0.6) is 0 Å². The topological polar surface area (TPSA) is 50.8 Å². The van der Waals surface area contributed by atoms with Gasteiger partial charge in [0.15, 0.2) is 9.84 Å². The molecular formula is C11H14NO2S+. The van der Waals surface area contributed by atoms with Crippen LogP contribution < -0.4 is 5.32 Å². The summed E-state index contributed by atoms with van der Waals surface area (Å²) < 4.78 is 22.3. The summed E-state index contributed by atoms with van der Waals surface area (Å²) in [4.78, 5) is 0. The van der Waals surface area contributed by atoms with Gasteiger partial charge in [0, 0.05) is 11.0 Å². The molecule has 0 aromatic heterocycles. The molecule has 3 nitrogen and oxygen atoms in total. The number of quaternary nitrogens is 1. The highest BCUT2D eigenvalue weighted by molar-refractivity contribution is 7.94. The molecule has 2 N–H and O–H groups in total. The molecule has 0 bridgehead atoms. The van der Waals surface area contributed by atoms with Crippen LogP contribution >= 0.6 is 0 Å². The minimum atomic E-state index is -2.91. The lowest BCUT2D eigenvalue weighted by atomic mass is 10.2. The highest BCUT2D eigenvalue weighted by Gasteiger charge is 2.23. The quantitative estimate of drug-likeness (QED) is 0.789. The first-order chi connectivity index (χ1) is 7.16. The minimum absolute atomic E-state index is 0.0789. The van der Waals surface area contributed by atoms with E-state index in [1.807, 2.05) is 30.3 Å². The van der Waals surface area contributed by atoms with Gasteiger partial charge in [0.2, 0.25) is 0 Å². The van der Waals surface area contributed by atoms with Crippen molar-refractivity contribution in [3.8, 4) is 0 Å². The van der Waals surface area contributed by atoms with Gasteiger partial charge in [-0.1, -0.05) is 30.3 Å². The van der Waals surface area contributed by atoms with Crippen molar-refractivity contribution in [2.24, 2.45) is 0 Å². The van der Waals surface area contributed by atoms with Gasteiger partial charge in [-0.25, -0.2) is 8.42 Å². The molecule has 0 radical (unpaired) electrons. The maximum Gasteiger partial charge on any atom is 0.177 e. The average Bonchev–Trinajstić information content (AvgIpc) is 2.57. The lowest BCUT2D eigenvalue weighted by molar-refractivity contribution is -0.690. The van der Waals surface area contributed by atoms with Crippen molar-refractivity contribution >= 4 is 9.84 Å². The molecule has 1 heterocycles. The highest BCUT2D eigenvalue weighted by atomic mass is 32.2. The lowest BCUT2D eigenvalue weighted by Gasteiger charge is -2.05. The van der Waals surface area contributed by atoms with Crippen LogP contribution in [0.25, 0.3) is 0 Å². The molecule has 1 aromatic rings. The van der Waals surface area contributed by atoms with Crippen molar-refractivity contribution in [3.63, 3.8) is 0 Å². The molecular weight excluding hydrogens is 210 g/mol. The normalized spacial score (nSPS) is 23.1. The second-order valence-corrected chi connectivity index (χ2v) is 5.68. The number of sulfone groups is 1. The predicted molar refractivity (Wildman–Crippen MR) is 58.8 cm³/mol. The summed E-state index contributed by atoms with van der Waals surface area (Å²) in [5.74, 6) is 0.236. The van der Waals surface area contributed by atoms with E-state index in [0.717, 1.165) is 6.54 Å². The molecule has 0 aliphatic carbocycles. The highest BCUT2D eigenvalue weighted by Crippen LogP contribution is 2.04. The van der Waals surface area contributed by atoms with Crippen molar-refractivity contribution in [3.05, 3.63) is 47.4 Å². The average molecular weight is 224 g/mol. The molecule has 0 unspecified atom stereocenters. The van der Waals surface area contributed by atoms with Crippen LogP contribution in [0.1, 0.15) is 5.56 Å². The minimum Gasteiger partial charge on any atom is -0.336 e. The van der Waals surface area contributed by atoms with E-state index in [0.29, 0.717) is 0 Å². The Balaban J connectivity index is 1.89. The van der Waals surface area contributed by atoms with E-state index in [4.69, 9.17) is 0 Å². The van der Waals surface area contributed by atoms with E-state index in [1.165, 1.54) is 11.0 Å². The Labute approximate surface area is 89.7 Å². The second kappa shape index (κ2) is 4.16. The fourth-order valence-corrected chi connectivity index (χ4v) is 2.98. The summed E-state index contributed by atoms with van der Waals surface area (Å²) in [7, 11) is -2.91. The Morgan fingerprint density at radius 2 is 2.00 bits per heavy atom. The van der Waals surface area contributed by atoms with Crippen molar-refractivity contribution < 1.29 is 13.7 Å². The Morgan fingerprint density at radius 3 is 2.60 bits per heavy atom. The SMILES string of the molecule is O=S1(=O)C=C[C@@H]([NH2+]Cc2ccccc2)C1. The van der Waals surface area contributed by atoms with Gasteiger partial charge in [-0.05, 0) is 6.08 Å². The lowest BCUT2D eigenvalue weighted by Crippen LogP contribution is -2.88. The Bertz CT molecular complexity index is 451. The number of nitrogens with two attached hydrogens (primary N) is 1. The fraction of sp³-hybridized carbons (Fsp3) is 0.273. The third-order valence-corrected chi connectivity index (χ3v) is 3.88. The molecule has 1 aliphatic heterocycles. The summed E-state index contributed by atoms with van der Waals surface area (Å²) in [6.07, 6.45) is 1.76. The van der Waals surface area contributed by atoms with Gasteiger partial charge >= 0.3 is 0 Å². The van der Waals surface area contributed by atoms with Crippen molar-refractivity contribution in [1.82, 2.24) is 0 Å². The van der Waals surface area contributed by atoms with Gasteiger partial charge in [-0.3, -0.25) is 0 Å². The first-order valence-electron chi connectivity index (χ1n) is 4.94. The molecule has 1 aliphatic rings. The number of hydrogen-bond donors (Lipinski definition) is 1. The maximum atomic E-state index is 11.1. The standard InChI is InChI=1S/C11H13NO2S/c13-15(14)7-6-11(9-15)12-8-10-4-2-1-3-5-10/h1-7,11-12H,8-9H2/p+1/t11-/m1/s1. The monoisotopic (exact) mass is 224 g/mol. The van der Waals surface area contributed by atoms with E-state index in [9.17, 15) is 8.42 Å². The third kappa shape index (κ3) is 2.91. The number of benzene rings is 1. The summed E-state index contributed by atoms with van der Waals surface area (Å²) in [5.41, 5.74) is 1.22. The van der Waals surface area contributed by atoms with Gasteiger partial charge in [-0.15, -0.1) is 0 Å². The smallest absolute Gasteiger partial charge is 0.177 e. The van der Waals surface area contributed by atoms with E-state index in [1.54, 1.807) is 6.08 Å².